The highest BCUT2D eigenvalue weighted by molar-refractivity contribution is 5.77. The first kappa shape index (κ1) is 40.7. The highest BCUT2D eigenvalue weighted by Gasteiger charge is 2.44. The van der Waals surface area contributed by atoms with E-state index < -0.39 is 0 Å². The van der Waals surface area contributed by atoms with Gasteiger partial charge >= 0.3 is 0 Å². The van der Waals surface area contributed by atoms with E-state index in [1.54, 1.807) is 16.7 Å². The average molecular weight is 729 g/mol. The second-order valence-electron chi connectivity index (χ2n) is 17.8. The molecule has 0 spiro atoms. The molecule has 0 saturated carbocycles. The van der Waals surface area contributed by atoms with Crippen molar-refractivity contribution in [2.45, 2.75) is 207 Å². The Kier molecular flexibility index (Phi) is 14.9. The van der Waals surface area contributed by atoms with E-state index in [1.165, 1.54) is 186 Å². The van der Waals surface area contributed by atoms with Crippen molar-refractivity contribution in [3.8, 4) is 11.1 Å². The lowest BCUT2D eigenvalue weighted by Gasteiger charge is -2.41. The summed E-state index contributed by atoms with van der Waals surface area (Å²) in [4.78, 5) is 5.46. The van der Waals surface area contributed by atoms with Crippen LogP contribution in [0.15, 0.2) is 60.4 Å². The summed E-state index contributed by atoms with van der Waals surface area (Å²) in [5.41, 5.74) is 17.0. The molecular formula is C52H76N2. The standard InChI is InChI=1S/C52H76N2/c1-7-11-15-18-20-25-31-52(32-26-21-19-16-12-8-2)37-43-35-44-38-53-45(28-14-10-4)39-54(50-40(5)33-42(34-41(50)6)27-22-17-13-9-3)51(53)48(44)36-47(43)46-29-23-24-30-49(46)52/h23-24,29-30,33-36,39,51H,7-22,25-28,31-32,37-38H2,1-6H3. The van der Waals surface area contributed by atoms with E-state index >= 15 is 0 Å². The minimum atomic E-state index is 0.245. The fraction of sp³-hybridized carbons (Fsp3) is 0.615. The van der Waals surface area contributed by atoms with Crippen molar-refractivity contribution in [1.29, 1.82) is 0 Å². The zero-order chi connectivity index (χ0) is 37.9. The second-order valence-corrected chi connectivity index (χ2v) is 17.8. The minimum Gasteiger partial charge on any atom is -0.345 e. The zero-order valence-electron chi connectivity index (χ0n) is 35.6. The molecule has 1 aliphatic carbocycles. The number of fused-ring (bicyclic) bond motifs is 6. The predicted molar refractivity (Wildman–Crippen MR) is 235 cm³/mol. The maximum absolute atomic E-state index is 2.77. The molecule has 0 aromatic heterocycles. The van der Waals surface area contributed by atoms with E-state index in [9.17, 15) is 0 Å². The number of hydrogen-bond acceptors (Lipinski definition) is 2. The van der Waals surface area contributed by atoms with E-state index in [0.29, 0.717) is 0 Å². The average Bonchev–Trinajstić information content (AvgIpc) is 3.71. The molecule has 1 atom stereocenters. The molecule has 0 bridgehead atoms. The van der Waals surface area contributed by atoms with Gasteiger partial charge in [-0.15, -0.1) is 0 Å². The first-order valence-electron chi connectivity index (χ1n) is 23.1. The van der Waals surface area contributed by atoms with Gasteiger partial charge in [0.05, 0.1) is 0 Å². The number of anilines is 1. The highest BCUT2D eigenvalue weighted by Crippen LogP contribution is 2.54. The maximum atomic E-state index is 2.77. The molecule has 2 nitrogen and oxygen atoms in total. The van der Waals surface area contributed by atoms with Crippen molar-refractivity contribution in [3.63, 3.8) is 0 Å². The first-order chi connectivity index (χ1) is 26.4. The van der Waals surface area contributed by atoms with Gasteiger partial charge in [0, 0.05) is 29.7 Å². The summed E-state index contributed by atoms with van der Waals surface area (Å²) in [5.74, 6) is 0. The minimum absolute atomic E-state index is 0.245. The molecule has 3 aromatic carbocycles. The number of aryl methyl sites for hydroxylation is 3. The lowest BCUT2D eigenvalue weighted by molar-refractivity contribution is 0.297. The van der Waals surface area contributed by atoms with Gasteiger partial charge in [0.2, 0.25) is 0 Å². The Morgan fingerprint density at radius 2 is 1.19 bits per heavy atom. The summed E-state index contributed by atoms with van der Waals surface area (Å²) in [7, 11) is 0. The molecule has 2 aliphatic heterocycles. The highest BCUT2D eigenvalue weighted by atomic mass is 15.4. The predicted octanol–water partition coefficient (Wildman–Crippen LogP) is 15.8. The van der Waals surface area contributed by atoms with Crippen LogP contribution >= 0.6 is 0 Å². The third kappa shape index (κ3) is 9.16. The topological polar surface area (TPSA) is 6.48 Å². The summed E-state index contributed by atoms with van der Waals surface area (Å²) in [5, 5.41) is 0. The van der Waals surface area contributed by atoms with Crippen LogP contribution in [-0.4, -0.2) is 4.90 Å². The number of rotatable bonds is 23. The summed E-state index contributed by atoms with van der Waals surface area (Å²) < 4.78 is 0. The van der Waals surface area contributed by atoms with E-state index in [4.69, 9.17) is 0 Å². The molecule has 0 fully saturated rings. The number of benzene rings is 3. The number of nitrogens with zero attached hydrogens (tertiary/aromatic N) is 2. The first-order valence-corrected chi connectivity index (χ1v) is 23.1. The monoisotopic (exact) mass is 729 g/mol. The molecule has 2 heteroatoms. The van der Waals surface area contributed by atoms with Crippen LogP contribution in [0, 0.1) is 13.8 Å². The number of hydrogen-bond donors (Lipinski definition) is 0. The Bertz CT molecular complexity index is 1640. The van der Waals surface area contributed by atoms with Crippen molar-refractivity contribution in [2.24, 2.45) is 0 Å². The van der Waals surface area contributed by atoms with Crippen molar-refractivity contribution < 1.29 is 0 Å². The van der Waals surface area contributed by atoms with Gasteiger partial charge in [-0.1, -0.05) is 173 Å². The molecule has 2 heterocycles. The molecule has 0 N–H and O–H groups in total. The Morgan fingerprint density at radius 3 is 1.83 bits per heavy atom. The van der Waals surface area contributed by atoms with Crippen molar-refractivity contribution in [1.82, 2.24) is 4.90 Å². The Morgan fingerprint density at radius 1 is 0.593 bits per heavy atom. The van der Waals surface area contributed by atoms with Gasteiger partial charge in [0.25, 0.3) is 0 Å². The van der Waals surface area contributed by atoms with E-state index in [1.807, 2.05) is 0 Å². The summed E-state index contributed by atoms with van der Waals surface area (Å²) >= 11 is 0. The molecule has 0 radical (unpaired) electrons. The fourth-order valence-electron chi connectivity index (χ4n) is 10.6. The molecule has 0 saturated heterocycles. The van der Waals surface area contributed by atoms with Crippen molar-refractivity contribution >= 4 is 5.69 Å². The van der Waals surface area contributed by atoms with Gasteiger partial charge in [-0.3, -0.25) is 0 Å². The molecule has 294 valence electrons. The third-order valence-corrected chi connectivity index (χ3v) is 13.4. The van der Waals surface area contributed by atoms with E-state index in [2.05, 4.69) is 106 Å². The molecule has 54 heavy (non-hydrogen) atoms. The quantitative estimate of drug-likeness (QED) is 0.0897. The number of allylic oxidation sites excluding steroid dienone is 1. The largest absolute Gasteiger partial charge is 0.345 e. The molecule has 1 unspecified atom stereocenters. The Hall–Kier alpha value is -3.00. The summed E-state index contributed by atoms with van der Waals surface area (Å²) in [6.45, 7) is 15.1. The van der Waals surface area contributed by atoms with Gasteiger partial charge in [0.15, 0.2) is 0 Å². The molecular weight excluding hydrogens is 653 g/mol. The third-order valence-electron chi connectivity index (χ3n) is 13.4. The molecule has 6 rings (SSSR count). The Labute approximate surface area is 332 Å². The fourth-order valence-corrected chi connectivity index (χ4v) is 10.6. The van der Waals surface area contributed by atoms with Gasteiger partial charge in [0.1, 0.15) is 6.17 Å². The number of unbranched alkanes of at least 4 members (excludes halogenated alkanes) is 14. The van der Waals surface area contributed by atoms with Crippen LogP contribution in [0.2, 0.25) is 0 Å². The molecule has 3 aliphatic rings. The zero-order valence-corrected chi connectivity index (χ0v) is 35.6. The van der Waals surface area contributed by atoms with Crippen LogP contribution in [0.1, 0.15) is 208 Å². The van der Waals surface area contributed by atoms with Crippen LogP contribution in [0.4, 0.5) is 5.69 Å². The van der Waals surface area contributed by atoms with E-state index in [0.717, 1.165) is 13.0 Å². The normalized spacial score (nSPS) is 16.7. The summed E-state index contributed by atoms with van der Waals surface area (Å²) in [6.07, 6.45) is 33.3. The van der Waals surface area contributed by atoms with Crippen LogP contribution < -0.4 is 4.90 Å². The SMILES string of the molecule is CCCCCCCCC1(CCCCCCCC)Cc2cc3c(cc2-c2ccccc21)C1N(C3)C(CCCC)=CN1c1c(C)cc(CCCCCC)cc1C. The van der Waals surface area contributed by atoms with Crippen LogP contribution in [0.3, 0.4) is 0 Å². The lowest BCUT2D eigenvalue weighted by atomic mass is 9.63. The summed E-state index contributed by atoms with van der Waals surface area (Å²) in [6, 6.07) is 20.1. The van der Waals surface area contributed by atoms with Crippen LogP contribution in [-0.2, 0) is 24.8 Å². The lowest BCUT2D eigenvalue weighted by Crippen LogP contribution is -2.33. The molecule has 0 amide bonds. The van der Waals surface area contributed by atoms with Gasteiger partial charge < -0.3 is 9.80 Å². The Balaban J connectivity index is 1.33. The van der Waals surface area contributed by atoms with E-state index in [-0.39, 0.29) is 11.6 Å². The van der Waals surface area contributed by atoms with Gasteiger partial charge in [-0.2, -0.15) is 0 Å². The van der Waals surface area contributed by atoms with Crippen molar-refractivity contribution in [2.75, 3.05) is 4.90 Å². The van der Waals surface area contributed by atoms with Crippen LogP contribution in [0.25, 0.3) is 11.1 Å². The second kappa shape index (κ2) is 19.7. The van der Waals surface area contributed by atoms with Crippen LogP contribution in [0.5, 0.6) is 0 Å². The smallest absolute Gasteiger partial charge is 0.132 e. The van der Waals surface area contributed by atoms with Gasteiger partial charge in [-0.25, -0.2) is 0 Å². The van der Waals surface area contributed by atoms with Gasteiger partial charge in [-0.05, 0) is 115 Å². The maximum Gasteiger partial charge on any atom is 0.132 e. The van der Waals surface area contributed by atoms with Crippen molar-refractivity contribution in [3.05, 3.63) is 99.4 Å². The molecule has 3 aromatic rings.